The lowest BCUT2D eigenvalue weighted by molar-refractivity contribution is -0.121. The molecule has 1 aliphatic heterocycles. The van der Waals surface area contributed by atoms with Gasteiger partial charge in [0, 0.05) is 5.56 Å². The first-order chi connectivity index (χ1) is 12.3. The number of amides is 3. The van der Waals surface area contributed by atoms with Gasteiger partial charge in [0.2, 0.25) is 11.8 Å². The van der Waals surface area contributed by atoms with Crippen molar-refractivity contribution in [2.24, 2.45) is 5.73 Å². The number of benzene rings is 2. The van der Waals surface area contributed by atoms with Crippen molar-refractivity contribution in [3.05, 3.63) is 65.5 Å². The molecule has 2 aromatic carbocycles. The van der Waals surface area contributed by atoms with Crippen LogP contribution in [0.5, 0.6) is 0 Å². The zero-order valence-corrected chi connectivity index (χ0v) is 14.5. The van der Waals surface area contributed by atoms with Gasteiger partial charge >= 0.3 is 0 Å². The summed E-state index contributed by atoms with van der Waals surface area (Å²) in [6.07, 6.45) is 0.121. The van der Waals surface area contributed by atoms with Crippen molar-refractivity contribution >= 4 is 23.4 Å². The van der Waals surface area contributed by atoms with E-state index in [-0.39, 0.29) is 29.6 Å². The molecule has 6 nitrogen and oxygen atoms in total. The zero-order chi connectivity index (χ0) is 19.3. The van der Waals surface area contributed by atoms with Crippen LogP contribution in [0.4, 0.5) is 10.1 Å². The van der Waals surface area contributed by atoms with E-state index in [1.807, 2.05) is 6.92 Å². The lowest BCUT2D eigenvalue weighted by Gasteiger charge is -2.15. The average molecular weight is 357 g/mol. The Labute approximate surface area is 150 Å². The van der Waals surface area contributed by atoms with Crippen molar-refractivity contribution in [1.82, 2.24) is 5.32 Å². The smallest absolute Gasteiger partial charge is 0.251 e. The molecule has 3 amide bonds. The number of halogens is 1. The number of hydrogen-bond acceptors (Lipinski definition) is 4. The Morgan fingerprint density at radius 1 is 1.19 bits per heavy atom. The van der Waals surface area contributed by atoms with Gasteiger partial charge in [0.15, 0.2) is 0 Å². The molecule has 0 spiro atoms. The normalized spacial score (nSPS) is 16.3. The highest BCUT2D eigenvalue weighted by atomic mass is 19.1. The van der Waals surface area contributed by atoms with Crippen molar-refractivity contribution in [3.63, 3.8) is 0 Å². The van der Waals surface area contributed by atoms with Crippen LogP contribution < -0.4 is 16.0 Å². The summed E-state index contributed by atoms with van der Waals surface area (Å²) in [7, 11) is 1.62. The van der Waals surface area contributed by atoms with Crippen LogP contribution in [0.3, 0.4) is 0 Å². The third-order valence-corrected chi connectivity index (χ3v) is 3.89. The second-order valence-corrected chi connectivity index (χ2v) is 5.82. The molecule has 1 atom stereocenters. The Balaban J connectivity index is 0.000000254. The van der Waals surface area contributed by atoms with Gasteiger partial charge < -0.3 is 11.1 Å². The number of hydrogen-bond donors (Lipinski definition) is 2. The van der Waals surface area contributed by atoms with Crippen LogP contribution in [-0.4, -0.2) is 30.8 Å². The summed E-state index contributed by atoms with van der Waals surface area (Å²) >= 11 is 0. The van der Waals surface area contributed by atoms with Gasteiger partial charge in [-0.25, -0.2) is 9.29 Å². The Morgan fingerprint density at radius 2 is 1.85 bits per heavy atom. The first kappa shape index (κ1) is 19.3. The highest BCUT2D eigenvalue weighted by molar-refractivity contribution is 6.22. The number of aryl methyl sites for hydroxylation is 1. The van der Waals surface area contributed by atoms with Crippen molar-refractivity contribution in [1.29, 1.82) is 0 Å². The van der Waals surface area contributed by atoms with Gasteiger partial charge in [-0.3, -0.25) is 14.4 Å². The van der Waals surface area contributed by atoms with E-state index in [1.165, 1.54) is 24.3 Å². The van der Waals surface area contributed by atoms with E-state index >= 15 is 0 Å². The number of imide groups is 1. The fraction of sp³-hybridized carbons (Fsp3) is 0.211. The average Bonchev–Trinajstić information content (AvgIpc) is 2.92. The van der Waals surface area contributed by atoms with Crippen LogP contribution in [0.25, 0.3) is 0 Å². The predicted octanol–water partition coefficient (Wildman–Crippen LogP) is 1.77. The quantitative estimate of drug-likeness (QED) is 0.819. The van der Waals surface area contributed by atoms with Crippen molar-refractivity contribution in [2.75, 3.05) is 11.9 Å². The van der Waals surface area contributed by atoms with Crippen molar-refractivity contribution in [2.45, 2.75) is 19.4 Å². The SMILES string of the molecule is CNC1CC(=O)N(c2cccc(C(N)=O)c2)C1=O.Cc1ccc(F)cc1. The molecule has 1 fully saturated rings. The molecule has 7 heteroatoms. The van der Waals surface area contributed by atoms with E-state index in [0.717, 1.165) is 10.5 Å². The number of rotatable bonds is 3. The molecule has 1 unspecified atom stereocenters. The minimum absolute atomic E-state index is 0.121. The maximum Gasteiger partial charge on any atom is 0.251 e. The predicted molar refractivity (Wildman–Crippen MR) is 96.1 cm³/mol. The Kier molecular flexibility index (Phi) is 6.19. The Morgan fingerprint density at radius 3 is 2.35 bits per heavy atom. The topological polar surface area (TPSA) is 92.5 Å². The van der Waals surface area contributed by atoms with Gasteiger partial charge in [0.25, 0.3) is 5.91 Å². The highest BCUT2D eigenvalue weighted by Gasteiger charge is 2.38. The fourth-order valence-corrected chi connectivity index (χ4v) is 2.46. The number of nitrogens with two attached hydrogens (primary N) is 1. The number of carbonyl (C=O) groups is 3. The standard InChI is InChI=1S/C12H13N3O3.C7H7F/c1-14-9-6-10(16)15(12(9)18)8-4-2-3-7(5-8)11(13)17;1-6-2-4-7(8)5-3-6/h2-5,9,14H,6H2,1H3,(H2,13,17);2-5H,1H3. The molecule has 0 aromatic heterocycles. The summed E-state index contributed by atoms with van der Waals surface area (Å²) in [4.78, 5) is 35.9. The van der Waals surface area contributed by atoms with Gasteiger partial charge in [-0.1, -0.05) is 23.8 Å². The summed E-state index contributed by atoms with van der Waals surface area (Å²) in [5.41, 5.74) is 6.89. The number of nitrogens with one attached hydrogen (secondary N) is 1. The minimum atomic E-state index is -0.596. The van der Waals surface area contributed by atoms with Crippen LogP contribution in [0, 0.1) is 12.7 Å². The second-order valence-electron chi connectivity index (χ2n) is 5.82. The summed E-state index contributed by atoms with van der Waals surface area (Å²) in [5, 5.41) is 2.78. The maximum atomic E-state index is 12.1. The minimum Gasteiger partial charge on any atom is -0.366 e. The van der Waals surface area contributed by atoms with Crippen LogP contribution in [-0.2, 0) is 9.59 Å². The number of carbonyl (C=O) groups excluding carboxylic acids is 3. The number of primary amides is 1. The second kappa shape index (κ2) is 8.35. The van der Waals surface area contributed by atoms with E-state index in [1.54, 1.807) is 31.3 Å². The number of nitrogens with zero attached hydrogens (tertiary/aromatic N) is 1. The number of likely N-dealkylation sites (N-methyl/N-ethyl adjacent to an activating group) is 1. The molecule has 1 aliphatic rings. The summed E-state index contributed by atoms with van der Waals surface area (Å²) < 4.78 is 12.1. The van der Waals surface area contributed by atoms with E-state index in [4.69, 9.17) is 5.73 Å². The summed E-state index contributed by atoms with van der Waals surface area (Å²) in [5.74, 6) is -1.37. The van der Waals surface area contributed by atoms with Gasteiger partial charge in [-0.15, -0.1) is 0 Å². The summed E-state index contributed by atoms with van der Waals surface area (Å²) in [6, 6.07) is 12.1. The van der Waals surface area contributed by atoms with E-state index < -0.39 is 11.9 Å². The van der Waals surface area contributed by atoms with Gasteiger partial charge in [-0.05, 0) is 44.3 Å². The van der Waals surface area contributed by atoms with E-state index in [9.17, 15) is 18.8 Å². The third kappa shape index (κ3) is 4.52. The molecule has 1 heterocycles. The fourth-order valence-electron chi connectivity index (χ4n) is 2.46. The maximum absolute atomic E-state index is 12.1. The monoisotopic (exact) mass is 357 g/mol. The molecule has 3 rings (SSSR count). The first-order valence-corrected chi connectivity index (χ1v) is 7.99. The Hall–Kier alpha value is -3.06. The first-order valence-electron chi connectivity index (χ1n) is 7.99. The third-order valence-electron chi connectivity index (χ3n) is 3.89. The van der Waals surface area contributed by atoms with Crippen LogP contribution >= 0.6 is 0 Å². The lowest BCUT2D eigenvalue weighted by Crippen LogP contribution is -2.37. The van der Waals surface area contributed by atoms with Crippen LogP contribution in [0.1, 0.15) is 22.3 Å². The van der Waals surface area contributed by atoms with E-state index in [2.05, 4.69) is 5.32 Å². The molecule has 26 heavy (non-hydrogen) atoms. The van der Waals surface area contributed by atoms with Gasteiger partial charge in [-0.2, -0.15) is 0 Å². The molecule has 0 bridgehead atoms. The van der Waals surface area contributed by atoms with Crippen molar-refractivity contribution < 1.29 is 18.8 Å². The molecule has 0 radical (unpaired) electrons. The van der Waals surface area contributed by atoms with Crippen molar-refractivity contribution in [3.8, 4) is 0 Å². The van der Waals surface area contributed by atoms with Crippen LogP contribution in [0.15, 0.2) is 48.5 Å². The lowest BCUT2D eigenvalue weighted by atomic mass is 10.2. The van der Waals surface area contributed by atoms with Gasteiger partial charge in [0.1, 0.15) is 5.82 Å². The number of anilines is 1. The van der Waals surface area contributed by atoms with Crippen LogP contribution in [0.2, 0.25) is 0 Å². The molecular weight excluding hydrogens is 337 g/mol. The Bertz CT molecular complexity index is 800. The summed E-state index contributed by atoms with van der Waals surface area (Å²) in [6.45, 7) is 1.93. The van der Waals surface area contributed by atoms with E-state index in [0.29, 0.717) is 5.69 Å². The molecule has 136 valence electrons. The molecule has 3 N–H and O–H groups in total. The molecule has 0 aliphatic carbocycles. The highest BCUT2D eigenvalue weighted by Crippen LogP contribution is 2.23. The molecule has 0 saturated carbocycles. The zero-order valence-electron chi connectivity index (χ0n) is 14.5. The van der Waals surface area contributed by atoms with Gasteiger partial charge in [0.05, 0.1) is 18.2 Å². The molecular formula is C19H20FN3O3. The molecule has 2 aromatic rings. The molecule has 1 saturated heterocycles. The largest absolute Gasteiger partial charge is 0.366 e.